The van der Waals surface area contributed by atoms with Crippen LogP contribution in [0.1, 0.15) is 30.1 Å². The summed E-state index contributed by atoms with van der Waals surface area (Å²) in [6, 6.07) is 11.5. The Labute approximate surface area is 155 Å². The molecule has 0 radical (unpaired) electrons. The maximum Gasteiger partial charge on any atom is 0.307 e. The average molecular weight is 378 g/mol. The zero-order valence-corrected chi connectivity index (χ0v) is 14.8. The van der Waals surface area contributed by atoms with E-state index in [4.69, 9.17) is 16.3 Å². The average Bonchev–Trinajstić information content (AvgIpc) is 2.62. The predicted molar refractivity (Wildman–Crippen MR) is 95.6 cm³/mol. The molecule has 0 fully saturated rings. The minimum Gasteiger partial charge on any atom is -0.453 e. The standard InChI is InChI=1S/C19H17ClFNO4/c1-12(19(25)22-16-8-6-15(21)7-9-16)26-18(24)11-10-17(23)13-2-4-14(20)5-3-13/h2-9,12H,10-11H2,1H3,(H,22,25)/t12-/m0/s1. The highest BCUT2D eigenvalue weighted by Crippen LogP contribution is 2.13. The van der Waals surface area contributed by atoms with Gasteiger partial charge in [-0.15, -0.1) is 0 Å². The number of halogens is 2. The van der Waals surface area contributed by atoms with Crippen molar-refractivity contribution in [3.8, 4) is 0 Å². The number of benzene rings is 2. The molecule has 0 aromatic heterocycles. The molecule has 0 saturated carbocycles. The Balaban J connectivity index is 1.79. The van der Waals surface area contributed by atoms with Crippen LogP contribution < -0.4 is 5.32 Å². The van der Waals surface area contributed by atoms with Gasteiger partial charge < -0.3 is 10.1 Å². The van der Waals surface area contributed by atoms with Gasteiger partial charge in [0.05, 0.1) is 6.42 Å². The number of rotatable bonds is 7. The SMILES string of the molecule is C[C@H](OC(=O)CCC(=O)c1ccc(Cl)cc1)C(=O)Nc1ccc(F)cc1. The van der Waals surface area contributed by atoms with Crippen LogP contribution in [0.4, 0.5) is 10.1 Å². The molecule has 0 heterocycles. The maximum atomic E-state index is 12.8. The Morgan fingerprint density at radius 3 is 2.27 bits per heavy atom. The van der Waals surface area contributed by atoms with Crippen LogP contribution in [0.5, 0.6) is 0 Å². The molecule has 136 valence electrons. The molecule has 0 bridgehead atoms. The molecule has 7 heteroatoms. The zero-order chi connectivity index (χ0) is 19.1. The first-order chi connectivity index (χ1) is 12.3. The summed E-state index contributed by atoms with van der Waals surface area (Å²) >= 11 is 5.75. The molecule has 1 amide bonds. The lowest BCUT2D eigenvalue weighted by molar-refractivity contribution is -0.153. The fourth-order valence-electron chi connectivity index (χ4n) is 2.08. The molecular weight excluding hydrogens is 361 g/mol. The predicted octanol–water partition coefficient (Wildman–Crippen LogP) is 4.01. The summed E-state index contributed by atoms with van der Waals surface area (Å²) in [5.41, 5.74) is 0.835. The molecule has 2 aromatic rings. The minimum absolute atomic E-state index is 0.0350. The van der Waals surface area contributed by atoms with Crippen molar-refractivity contribution in [3.05, 3.63) is 64.9 Å². The van der Waals surface area contributed by atoms with Gasteiger partial charge in [-0.05, 0) is 55.5 Å². The third-order valence-corrected chi connectivity index (χ3v) is 3.76. The Bertz CT molecular complexity index is 790. The molecular formula is C19H17ClFNO4. The van der Waals surface area contributed by atoms with E-state index in [1.165, 1.54) is 31.2 Å². The summed E-state index contributed by atoms with van der Waals surface area (Å²) in [5.74, 6) is -1.85. The summed E-state index contributed by atoms with van der Waals surface area (Å²) in [5, 5.41) is 3.02. The normalized spacial score (nSPS) is 11.5. The van der Waals surface area contributed by atoms with E-state index in [1.807, 2.05) is 0 Å². The molecule has 5 nitrogen and oxygen atoms in total. The second-order valence-corrected chi connectivity index (χ2v) is 5.99. The molecule has 2 aromatic carbocycles. The van der Waals surface area contributed by atoms with Gasteiger partial charge >= 0.3 is 5.97 Å². The smallest absolute Gasteiger partial charge is 0.307 e. The molecule has 0 saturated heterocycles. The summed E-state index contributed by atoms with van der Waals surface area (Å²) in [6.07, 6.45) is -1.22. The number of hydrogen-bond acceptors (Lipinski definition) is 4. The third kappa shape index (κ3) is 5.97. The zero-order valence-electron chi connectivity index (χ0n) is 14.0. The number of ketones is 1. The van der Waals surface area contributed by atoms with E-state index < -0.39 is 23.8 Å². The molecule has 0 unspecified atom stereocenters. The molecule has 1 N–H and O–H groups in total. The monoisotopic (exact) mass is 377 g/mol. The van der Waals surface area contributed by atoms with Crippen molar-refractivity contribution in [1.82, 2.24) is 0 Å². The Morgan fingerprint density at radius 1 is 1.04 bits per heavy atom. The highest BCUT2D eigenvalue weighted by molar-refractivity contribution is 6.30. The van der Waals surface area contributed by atoms with Crippen LogP contribution in [-0.4, -0.2) is 23.8 Å². The maximum absolute atomic E-state index is 12.8. The fraction of sp³-hybridized carbons (Fsp3) is 0.211. The van der Waals surface area contributed by atoms with Crippen LogP contribution >= 0.6 is 11.6 Å². The van der Waals surface area contributed by atoms with Gasteiger partial charge in [-0.3, -0.25) is 14.4 Å². The Hall–Kier alpha value is -2.73. The largest absolute Gasteiger partial charge is 0.453 e. The third-order valence-electron chi connectivity index (χ3n) is 3.51. The summed E-state index contributed by atoms with van der Waals surface area (Å²) in [7, 11) is 0. The van der Waals surface area contributed by atoms with Gasteiger partial charge in [0, 0.05) is 22.7 Å². The van der Waals surface area contributed by atoms with E-state index in [1.54, 1.807) is 24.3 Å². The van der Waals surface area contributed by atoms with E-state index in [2.05, 4.69) is 5.32 Å². The quantitative estimate of drug-likeness (QED) is 0.584. The van der Waals surface area contributed by atoms with Crippen molar-refractivity contribution in [2.75, 3.05) is 5.32 Å². The van der Waals surface area contributed by atoms with Crippen LogP contribution in [0.25, 0.3) is 0 Å². The Kier molecular flexibility index (Phi) is 6.86. The van der Waals surface area contributed by atoms with Crippen molar-refractivity contribution in [2.45, 2.75) is 25.9 Å². The minimum atomic E-state index is -1.04. The van der Waals surface area contributed by atoms with Crippen molar-refractivity contribution in [2.24, 2.45) is 0 Å². The highest BCUT2D eigenvalue weighted by Gasteiger charge is 2.19. The fourth-order valence-corrected chi connectivity index (χ4v) is 2.21. The first kappa shape index (κ1) is 19.6. The number of nitrogens with one attached hydrogen (secondary N) is 1. The van der Waals surface area contributed by atoms with Gasteiger partial charge in [0.2, 0.25) is 0 Å². The number of anilines is 1. The number of carbonyl (C=O) groups excluding carboxylic acids is 3. The van der Waals surface area contributed by atoms with Crippen LogP contribution in [0.2, 0.25) is 5.02 Å². The van der Waals surface area contributed by atoms with E-state index in [0.29, 0.717) is 16.3 Å². The van der Waals surface area contributed by atoms with Gasteiger partial charge in [0.25, 0.3) is 5.91 Å². The lowest BCUT2D eigenvalue weighted by atomic mass is 10.1. The Morgan fingerprint density at radius 2 is 1.65 bits per heavy atom. The van der Waals surface area contributed by atoms with E-state index in [-0.39, 0.29) is 18.6 Å². The molecule has 26 heavy (non-hydrogen) atoms. The number of amides is 1. The number of hydrogen-bond donors (Lipinski definition) is 1. The topological polar surface area (TPSA) is 72.5 Å². The molecule has 0 spiro atoms. The van der Waals surface area contributed by atoms with Crippen molar-refractivity contribution >= 4 is 34.9 Å². The van der Waals surface area contributed by atoms with Gasteiger partial charge in [-0.25, -0.2) is 4.39 Å². The number of esters is 1. The van der Waals surface area contributed by atoms with Crippen LogP contribution in [0, 0.1) is 5.82 Å². The van der Waals surface area contributed by atoms with E-state index >= 15 is 0 Å². The van der Waals surface area contributed by atoms with Crippen LogP contribution in [0.3, 0.4) is 0 Å². The first-order valence-electron chi connectivity index (χ1n) is 7.90. The van der Waals surface area contributed by atoms with Crippen LogP contribution in [0.15, 0.2) is 48.5 Å². The molecule has 0 aliphatic carbocycles. The van der Waals surface area contributed by atoms with Crippen molar-refractivity contribution in [1.29, 1.82) is 0 Å². The number of Topliss-reactive ketones (excluding diaryl/α,β-unsaturated/α-hetero) is 1. The summed E-state index contributed by atoms with van der Waals surface area (Å²) in [4.78, 5) is 35.8. The number of carbonyl (C=O) groups is 3. The lowest BCUT2D eigenvalue weighted by Gasteiger charge is -2.13. The van der Waals surface area contributed by atoms with E-state index in [0.717, 1.165) is 0 Å². The second-order valence-electron chi connectivity index (χ2n) is 5.56. The molecule has 0 aliphatic rings. The van der Waals surface area contributed by atoms with E-state index in [9.17, 15) is 18.8 Å². The number of ether oxygens (including phenoxy) is 1. The molecule has 0 aliphatic heterocycles. The summed E-state index contributed by atoms with van der Waals surface area (Å²) < 4.78 is 17.8. The lowest BCUT2D eigenvalue weighted by Crippen LogP contribution is -2.30. The molecule has 2 rings (SSSR count). The highest BCUT2D eigenvalue weighted by atomic mass is 35.5. The van der Waals surface area contributed by atoms with Gasteiger partial charge in [0.15, 0.2) is 11.9 Å². The van der Waals surface area contributed by atoms with Crippen LogP contribution in [-0.2, 0) is 14.3 Å². The first-order valence-corrected chi connectivity index (χ1v) is 8.27. The van der Waals surface area contributed by atoms with Crippen molar-refractivity contribution < 1.29 is 23.5 Å². The van der Waals surface area contributed by atoms with Crippen molar-refractivity contribution in [3.63, 3.8) is 0 Å². The second kappa shape index (κ2) is 9.10. The van der Waals surface area contributed by atoms with Gasteiger partial charge in [0.1, 0.15) is 5.82 Å². The van der Waals surface area contributed by atoms with Gasteiger partial charge in [-0.2, -0.15) is 0 Å². The molecule has 1 atom stereocenters. The summed E-state index contributed by atoms with van der Waals surface area (Å²) in [6.45, 7) is 1.41. The van der Waals surface area contributed by atoms with Gasteiger partial charge in [-0.1, -0.05) is 11.6 Å².